The van der Waals surface area contributed by atoms with Crippen molar-refractivity contribution in [3.8, 4) is 0 Å². The highest BCUT2D eigenvalue weighted by Gasteiger charge is 2.17. The molecular weight excluding hydrogens is 284 g/mol. The first-order chi connectivity index (χ1) is 9.58. The van der Waals surface area contributed by atoms with Gasteiger partial charge in [0.25, 0.3) is 0 Å². The lowest BCUT2D eigenvalue weighted by Gasteiger charge is -2.16. The van der Waals surface area contributed by atoms with Crippen LogP contribution in [-0.2, 0) is 11.3 Å². The van der Waals surface area contributed by atoms with Gasteiger partial charge in [0.05, 0.1) is 12.5 Å². The van der Waals surface area contributed by atoms with Crippen molar-refractivity contribution in [2.24, 2.45) is 0 Å². The summed E-state index contributed by atoms with van der Waals surface area (Å²) in [5.41, 5.74) is -0.0838. The number of thiophene rings is 1. The van der Waals surface area contributed by atoms with Crippen molar-refractivity contribution in [2.45, 2.75) is 19.0 Å². The molecule has 0 fully saturated rings. The minimum absolute atomic E-state index is 0.0612. The number of carboxylic acids is 1. The summed E-state index contributed by atoms with van der Waals surface area (Å²) in [5, 5.41) is 13.6. The molecule has 0 bridgehead atoms. The number of hydrogen-bond acceptors (Lipinski definition) is 3. The molecule has 0 saturated carbocycles. The van der Waals surface area contributed by atoms with Crippen LogP contribution >= 0.6 is 11.3 Å². The lowest BCUT2D eigenvalue weighted by Crippen LogP contribution is -2.23. The zero-order valence-corrected chi connectivity index (χ0v) is 11.3. The SMILES string of the molecule is O=C(O)CC(NCc1c(F)cccc1F)c1cccs1. The first-order valence-corrected chi connectivity index (χ1v) is 6.87. The molecule has 6 heteroatoms. The maximum absolute atomic E-state index is 13.5. The van der Waals surface area contributed by atoms with Crippen LogP contribution in [0.15, 0.2) is 35.7 Å². The summed E-state index contributed by atoms with van der Waals surface area (Å²) >= 11 is 1.40. The normalized spacial score (nSPS) is 12.3. The van der Waals surface area contributed by atoms with Crippen molar-refractivity contribution in [2.75, 3.05) is 0 Å². The van der Waals surface area contributed by atoms with Crippen LogP contribution < -0.4 is 5.32 Å². The topological polar surface area (TPSA) is 49.3 Å². The molecule has 1 unspecified atom stereocenters. The van der Waals surface area contributed by atoms with E-state index in [0.29, 0.717) is 0 Å². The Morgan fingerprint density at radius 3 is 2.50 bits per heavy atom. The average Bonchev–Trinajstić information content (AvgIpc) is 2.90. The lowest BCUT2D eigenvalue weighted by atomic mass is 10.1. The molecule has 1 aromatic carbocycles. The zero-order chi connectivity index (χ0) is 14.5. The van der Waals surface area contributed by atoms with Gasteiger partial charge in [0.15, 0.2) is 0 Å². The second-order valence-corrected chi connectivity index (χ2v) is 5.23. The zero-order valence-electron chi connectivity index (χ0n) is 10.5. The molecule has 2 N–H and O–H groups in total. The van der Waals surface area contributed by atoms with Gasteiger partial charge in [-0.25, -0.2) is 8.78 Å². The number of hydrogen-bond donors (Lipinski definition) is 2. The molecule has 0 amide bonds. The first kappa shape index (κ1) is 14.6. The fourth-order valence-electron chi connectivity index (χ4n) is 1.86. The standard InChI is InChI=1S/C14H13F2NO2S/c15-10-3-1-4-11(16)9(10)8-17-12(7-14(18)19)13-5-2-6-20-13/h1-6,12,17H,7-8H2,(H,18,19). The Labute approximate surface area is 118 Å². The van der Waals surface area contributed by atoms with Gasteiger partial charge in [-0.05, 0) is 23.6 Å². The quantitative estimate of drug-likeness (QED) is 0.860. The maximum atomic E-state index is 13.5. The van der Waals surface area contributed by atoms with E-state index in [2.05, 4.69) is 5.32 Å². The molecule has 20 heavy (non-hydrogen) atoms. The maximum Gasteiger partial charge on any atom is 0.305 e. The fraction of sp³-hybridized carbons (Fsp3) is 0.214. The summed E-state index contributed by atoms with van der Waals surface area (Å²) in [6.07, 6.45) is -0.142. The van der Waals surface area contributed by atoms with Crippen molar-refractivity contribution in [1.29, 1.82) is 0 Å². The second-order valence-electron chi connectivity index (χ2n) is 4.25. The summed E-state index contributed by atoms with van der Waals surface area (Å²) in [4.78, 5) is 11.7. The Morgan fingerprint density at radius 2 is 1.95 bits per heavy atom. The molecule has 1 aromatic heterocycles. The molecule has 1 heterocycles. The smallest absolute Gasteiger partial charge is 0.305 e. The van der Waals surface area contributed by atoms with Gasteiger partial charge >= 0.3 is 5.97 Å². The van der Waals surface area contributed by atoms with E-state index in [0.717, 1.165) is 4.88 Å². The van der Waals surface area contributed by atoms with Crippen LogP contribution in [-0.4, -0.2) is 11.1 Å². The Morgan fingerprint density at radius 1 is 1.25 bits per heavy atom. The molecule has 0 aliphatic rings. The van der Waals surface area contributed by atoms with E-state index in [1.165, 1.54) is 29.5 Å². The number of aliphatic carboxylic acids is 1. The number of nitrogens with one attached hydrogen (secondary N) is 1. The summed E-state index contributed by atoms with van der Waals surface area (Å²) in [5.74, 6) is -2.25. The minimum atomic E-state index is -0.968. The third kappa shape index (κ3) is 3.61. The third-order valence-electron chi connectivity index (χ3n) is 2.85. The van der Waals surface area contributed by atoms with Crippen LogP contribution in [0.5, 0.6) is 0 Å². The van der Waals surface area contributed by atoms with Crippen molar-refractivity contribution in [3.05, 3.63) is 57.8 Å². The van der Waals surface area contributed by atoms with Crippen LogP contribution in [0, 0.1) is 11.6 Å². The van der Waals surface area contributed by atoms with Crippen molar-refractivity contribution in [1.82, 2.24) is 5.32 Å². The van der Waals surface area contributed by atoms with E-state index in [-0.39, 0.29) is 18.5 Å². The molecule has 2 rings (SSSR count). The Bertz CT molecular complexity index is 567. The van der Waals surface area contributed by atoms with Gasteiger partial charge in [-0.2, -0.15) is 0 Å². The van der Waals surface area contributed by atoms with Gasteiger partial charge in [-0.3, -0.25) is 4.79 Å². The Hall–Kier alpha value is -1.79. The van der Waals surface area contributed by atoms with Crippen molar-refractivity contribution in [3.63, 3.8) is 0 Å². The summed E-state index contributed by atoms with van der Waals surface area (Å²) in [7, 11) is 0. The number of benzene rings is 1. The summed E-state index contributed by atoms with van der Waals surface area (Å²) in [6.45, 7) is -0.0612. The second kappa shape index (κ2) is 6.58. The third-order valence-corrected chi connectivity index (χ3v) is 3.84. The lowest BCUT2D eigenvalue weighted by molar-refractivity contribution is -0.137. The molecular formula is C14H13F2NO2S. The van der Waals surface area contributed by atoms with Crippen LogP contribution in [0.25, 0.3) is 0 Å². The molecule has 2 aromatic rings. The predicted octanol–water partition coefficient (Wildman–Crippen LogP) is 3.33. The van der Waals surface area contributed by atoms with E-state index in [4.69, 9.17) is 5.11 Å². The number of carbonyl (C=O) groups is 1. The molecule has 0 radical (unpaired) electrons. The monoisotopic (exact) mass is 297 g/mol. The van der Waals surface area contributed by atoms with E-state index in [9.17, 15) is 13.6 Å². The molecule has 0 spiro atoms. The highest BCUT2D eigenvalue weighted by atomic mass is 32.1. The van der Waals surface area contributed by atoms with Gasteiger partial charge in [0.2, 0.25) is 0 Å². The van der Waals surface area contributed by atoms with E-state index in [1.807, 2.05) is 5.38 Å². The first-order valence-electron chi connectivity index (χ1n) is 5.99. The molecule has 0 aliphatic heterocycles. The highest BCUT2D eigenvalue weighted by Crippen LogP contribution is 2.23. The average molecular weight is 297 g/mol. The number of halogens is 2. The van der Waals surface area contributed by atoms with E-state index < -0.39 is 23.6 Å². The van der Waals surface area contributed by atoms with Crippen molar-refractivity contribution >= 4 is 17.3 Å². The molecule has 0 aliphatic carbocycles. The van der Waals surface area contributed by atoms with Gasteiger partial charge in [0.1, 0.15) is 11.6 Å². The van der Waals surface area contributed by atoms with Crippen LogP contribution in [0.4, 0.5) is 8.78 Å². The van der Waals surface area contributed by atoms with Gasteiger partial charge < -0.3 is 10.4 Å². The summed E-state index contributed by atoms with van der Waals surface area (Å²) in [6, 6.07) is 6.78. The van der Waals surface area contributed by atoms with Gasteiger partial charge in [0, 0.05) is 17.0 Å². The highest BCUT2D eigenvalue weighted by molar-refractivity contribution is 7.10. The number of carboxylic acid groups (broad SMARTS) is 1. The van der Waals surface area contributed by atoms with Gasteiger partial charge in [-0.1, -0.05) is 12.1 Å². The molecule has 106 valence electrons. The Balaban J connectivity index is 2.11. The Kier molecular flexibility index (Phi) is 4.81. The number of rotatable bonds is 6. The van der Waals surface area contributed by atoms with Gasteiger partial charge in [-0.15, -0.1) is 11.3 Å². The minimum Gasteiger partial charge on any atom is -0.481 e. The fourth-order valence-corrected chi connectivity index (χ4v) is 2.67. The van der Waals surface area contributed by atoms with E-state index >= 15 is 0 Å². The van der Waals surface area contributed by atoms with Crippen LogP contribution in [0.1, 0.15) is 22.9 Å². The van der Waals surface area contributed by atoms with Crippen molar-refractivity contribution < 1.29 is 18.7 Å². The predicted molar refractivity (Wildman–Crippen MR) is 72.5 cm³/mol. The largest absolute Gasteiger partial charge is 0.481 e. The molecule has 1 atom stereocenters. The van der Waals surface area contributed by atoms with Crippen LogP contribution in [0.2, 0.25) is 0 Å². The van der Waals surface area contributed by atoms with Crippen LogP contribution in [0.3, 0.4) is 0 Å². The summed E-state index contributed by atoms with van der Waals surface area (Å²) < 4.78 is 27.0. The van der Waals surface area contributed by atoms with E-state index in [1.54, 1.807) is 12.1 Å². The molecule has 3 nitrogen and oxygen atoms in total. The molecule has 0 saturated heterocycles.